The molecule has 122 valence electrons. The number of hydrogen-bond donors (Lipinski definition) is 1. The van der Waals surface area contributed by atoms with Crippen molar-refractivity contribution in [2.24, 2.45) is 0 Å². The molecule has 0 atom stereocenters. The average Bonchev–Trinajstić information content (AvgIpc) is 2.47. The molecule has 1 fully saturated rings. The summed E-state index contributed by atoms with van der Waals surface area (Å²) in [6.07, 6.45) is 1.42. The zero-order chi connectivity index (χ0) is 16.2. The minimum atomic E-state index is -2.91. The van der Waals surface area contributed by atoms with E-state index in [9.17, 15) is 13.2 Å². The van der Waals surface area contributed by atoms with Gasteiger partial charge in [-0.15, -0.1) is 0 Å². The summed E-state index contributed by atoms with van der Waals surface area (Å²) in [5.74, 6) is 0.152. The second-order valence-corrected chi connectivity index (χ2v) is 8.38. The van der Waals surface area contributed by atoms with Crippen LogP contribution >= 0.6 is 0 Å². The first-order chi connectivity index (χ1) is 10.4. The van der Waals surface area contributed by atoms with E-state index in [0.717, 1.165) is 30.9 Å². The van der Waals surface area contributed by atoms with Crippen LogP contribution in [0.4, 0.5) is 5.69 Å². The van der Waals surface area contributed by atoms with Crippen LogP contribution in [0.25, 0.3) is 0 Å². The molecule has 1 N–H and O–H groups in total. The Morgan fingerprint density at radius 3 is 2.59 bits per heavy atom. The van der Waals surface area contributed by atoms with Crippen LogP contribution in [0, 0.1) is 0 Å². The molecular formula is C16H24N2O3S. The van der Waals surface area contributed by atoms with Gasteiger partial charge in [-0.25, -0.2) is 8.42 Å². The van der Waals surface area contributed by atoms with Gasteiger partial charge in [-0.05, 0) is 43.6 Å². The number of rotatable bonds is 5. The van der Waals surface area contributed by atoms with Crippen LogP contribution in [0.5, 0.6) is 0 Å². The number of benzene rings is 1. The topological polar surface area (TPSA) is 66.5 Å². The van der Waals surface area contributed by atoms with Crippen LogP contribution < -0.4 is 5.32 Å². The molecule has 0 spiro atoms. The third-order valence-corrected chi connectivity index (χ3v) is 6.39. The quantitative estimate of drug-likeness (QED) is 0.900. The second kappa shape index (κ2) is 7.24. The summed E-state index contributed by atoms with van der Waals surface area (Å²) in [4.78, 5) is 13.4. The zero-order valence-corrected chi connectivity index (χ0v) is 14.0. The van der Waals surface area contributed by atoms with Crippen molar-refractivity contribution < 1.29 is 13.2 Å². The third kappa shape index (κ3) is 4.55. The van der Waals surface area contributed by atoms with E-state index < -0.39 is 9.84 Å². The highest BCUT2D eigenvalue weighted by Crippen LogP contribution is 2.21. The fraction of sp³-hybridized carbons (Fsp3) is 0.562. The highest BCUT2D eigenvalue weighted by Gasteiger charge is 2.28. The summed E-state index contributed by atoms with van der Waals surface area (Å²) < 4.78 is 23.8. The normalized spacial score (nSPS) is 17.4. The van der Waals surface area contributed by atoms with Gasteiger partial charge in [0.1, 0.15) is 0 Å². The van der Waals surface area contributed by atoms with Crippen molar-refractivity contribution in [2.45, 2.75) is 38.5 Å². The lowest BCUT2D eigenvalue weighted by molar-refractivity contribution is -0.114. The number of carbonyl (C=O) groups excluding carboxylic acids is 1. The fourth-order valence-electron chi connectivity index (χ4n) is 2.87. The predicted octanol–water partition coefficient (Wildman–Crippen LogP) is 2.04. The van der Waals surface area contributed by atoms with Gasteiger partial charge in [-0.1, -0.05) is 19.1 Å². The molecule has 0 aliphatic carbocycles. The van der Waals surface area contributed by atoms with Gasteiger partial charge in [-0.2, -0.15) is 0 Å². The Morgan fingerprint density at radius 1 is 1.32 bits per heavy atom. The SMILES string of the molecule is CCS(=O)(=O)C1CCN(Cc2cccc(NC(C)=O)c2)CC1. The largest absolute Gasteiger partial charge is 0.326 e. The van der Waals surface area contributed by atoms with E-state index in [1.165, 1.54) is 6.92 Å². The molecular weight excluding hydrogens is 300 g/mol. The minimum Gasteiger partial charge on any atom is -0.326 e. The van der Waals surface area contributed by atoms with Gasteiger partial charge in [-0.3, -0.25) is 9.69 Å². The third-order valence-electron chi connectivity index (χ3n) is 4.10. The van der Waals surface area contributed by atoms with Crippen LogP contribution in [0.2, 0.25) is 0 Å². The Hall–Kier alpha value is -1.40. The molecule has 2 rings (SSSR count). The van der Waals surface area contributed by atoms with Crippen molar-refractivity contribution in [3.05, 3.63) is 29.8 Å². The van der Waals surface area contributed by atoms with E-state index in [2.05, 4.69) is 10.2 Å². The molecule has 6 heteroatoms. The minimum absolute atomic E-state index is 0.0808. The first-order valence-corrected chi connectivity index (χ1v) is 9.42. The maximum Gasteiger partial charge on any atom is 0.221 e. The Labute approximate surface area is 132 Å². The maximum absolute atomic E-state index is 11.9. The number of piperidine rings is 1. The molecule has 0 aromatic heterocycles. The summed E-state index contributed by atoms with van der Waals surface area (Å²) >= 11 is 0. The van der Waals surface area contributed by atoms with Crippen LogP contribution in [0.3, 0.4) is 0 Å². The first-order valence-electron chi connectivity index (χ1n) is 7.71. The van der Waals surface area contributed by atoms with E-state index >= 15 is 0 Å². The summed E-state index contributed by atoms with van der Waals surface area (Å²) in [6.45, 7) is 5.59. The molecule has 5 nitrogen and oxygen atoms in total. The van der Waals surface area contributed by atoms with Gasteiger partial charge in [0.05, 0.1) is 5.25 Å². The number of anilines is 1. The molecule has 1 heterocycles. The van der Waals surface area contributed by atoms with Gasteiger partial charge in [0.2, 0.25) is 5.91 Å². The van der Waals surface area contributed by atoms with E-state index in [-0.39, 0.29) is 16.9 Å². The van der Waals surface area contributed by atoms with Crippen molar-refractivity contribution in [1.29, 1.82) is 0 Å². The standard InChI is InChI=1S/C16H24N2O3S/c1-3-22(20,21)16-7-9-18(10-8-16)12-14-5-4-6-15(11-14)17-13(2)19/h4-6,11,16H,3,7-10,12H2,1-2H3,(H,17,19). The number of hydrogen-bond acceptors (Lipinski definition) is 4. The zero-order valence-electron chi connectivity index (χ0n) is 13.2. The number of amides is 1. The van der Waals surface area contributed by atoms with E-state index in [4.69, 9.17) is 0 Å². The van der Waals surface area contributed by atoms with Crippen molar-refractivity contribution in [3.63, 3.8) is 0 Å². The van der Waals surface area contributed by atoms with Crippen molar-refractivity contribution in [2.75, 3.05) is 24.2 Å². The predicted molar refractivity (Wildman–Crippen MR) is 88.5 cm³/mol. The number of sulfone groups is 1. The molecule has 0 radical (unpaired) electrons. The number of nitrogens with one attached hydrogen (secondary N) is 1. The summed E-state index contributed by atoms with van der Waals surface area (Å²) in [7, 11) is -2.91. The highest BCUT2D eigenvalue weighted by molar-refractivity contribution is 7.92. The average molecular weight is 324 g/mol. The molecule has 0 bridgehead atoms. The van der Waals surface area contributed by atoms with E-state index in [0.29, 0.717) is 12.8 Å². The molecule has 1 aliphatic heterocycles. The molecule has 22 heavy (non-hydrogen) atoms. The Balaban J connectivity index is 1.92. The lowest BCUT2D eigenvalue weighted by atomic mass is 10.1. The molecule has 1 aromatic rings. The van der Waals surface area contributed by atoms with E-state index in [1.54, 1.807) is 6.92 Å². The highest BCUT2D eigenvalue weighted by atomic mass is 32.2. The summed E-state index contributed by atoms with van der Waals surface area (Å²) in [6, 6.07) is 7.79. The van der Waals surface area contributed by atoms with Gasteiger partial charge in [0.15, 0.2) is 9.84 Å². The van der Waals surface area contributed by atoms with Gasteiger partial charge in [0, 0.05) is 24.9 Å². The van der Waals surface area contributed by atoms with Crippen molar-refractivity contribution in [3.8, 4) is 0 Å². The lowest BCUT2D eigenvalue weighted by Crippen LogP contribution is -2.39. The fourth-order valence-corrected chi connectivity index (χ4v) is 4.27. The first kappa shape index (κ1) is 17.0. The molecule has 0 saturated carbocycles. The van der Waals surface area contributed by atoms with E-state index in [1.807, 2.05) is 24.3 Å². The van der Waals surface area contributed by atoms with Crippen LogP contribution in [0.15, 0.2) is 24.3 Å². The number of nitrogens with zero attached hydrogens (tertiary/aromatic N) is 1. The Bertz CT molecular complexity index is 620. The maximum atomic E-state index is 11.9. The molecule has 1 aromatic carbocycles. The van der Waals surface area contributed by atoms with Crippen molar-refractivity contribution in [1.82, 2.24) is 4.90 Å². The number of likely N-dealkylation sites (tertiary alicyclic amines) is 1. The van der Waals surface area contributed by atoms with Crippen molar-refractivity contribution >= 4 is 21.4 Å². The lowest BCUT2D eigenvalue weighted by Gasteiger charge is -2.31. The van der Waals surface area contributed by atoms with Crippen LogP contribution in [-0.2, 0) is 21.2 Å². The Morgan fingerprint density at radius 2 is 2.00 bits per heavy atom. The number of carbonyl (C=O) groups is 1. The second-order valence-electron chi connectivity index (χ2n) is 5.81. The monoisotopic (exact) mass is 324 g/mol. The Kier molecular flexibility index (Phi) is 5.58. The van der Waals surface area contributed by atoms with Crippen LogP contribution in [-0.4, -0.2) is 43.3 Å². The van der Waals surface area contributed by atoms with Gasteiger partial charge >= 0.3 is 0 Å². The molecule has 0 unspecified atom stereocenters. The molecule has 1 saturated heterocycles. The summed E-state index contributed by atoms with van der Waals surface area (Å²) in [5.41, 5.74) is 1.93. The molecule has 1 aliphatic rings. The van der Waals surface area contributed by atoms with Crippen LogP contribution in [0.1, 0.15) is 32.3 Å². The van der Waals surface area contributed by atoms with Gasteiger partial charge in [0.25, 0.3) is 0 Å². The summed E-state index contributed by atoms with van der Waals surface area (Å²) in [5, 5.41) is 2.60. The molecule has 1 amide bonds. The smallest absolute Gasteiger partial charge is 0.221 e. The van der Waals surface area contributed by atoms with Gasteiger partial charge < -0.3 is 5.32 Å².